The van der Waals surface area contributed by atoms with Crippen molar-refractivity contribution in [1.29, 1.82) is 0 Å². The number of non-ortho nitro benzene ring substituents is 1. The molecule has 0 saturated carbocycles. The van der Waals surface area contributed by atoms with Gasteiger partial charge in [0.25, 0.3) is 5.69 Å². The van der Waals surface area contributed by atoms with Gasteiger partial charge in [0.1, 0.15) is 0 Å². The van der Waals surface area contributed by atoms with E-state index >= 15 is 0 Å². The second kappa shape index (κ2) is 7.90. The van der Waals surface area contributed by atoms with Crippen LogP contribution in [-0.4, -0.2) is 28.8 Å². The third kappa shape index (κ3) is 4.64. The fourth-order valence-corrected chi connectivity index (χ4v) is 3.17. The number of amides is 1. The average molecular weight is 339 g/mol. The first kappa shape index (κ1) is 17.1. The van der Waals surface area contributed by atoms with E-state index in [2.05, 4.69) is 22.3 Å². The van der Waals surface area contributed by atoms with Crippen molar-refractivity contribution in [1.82, 2.24) is 4.90 Å². The van der Waals surface area contributed by atoms with E-state index in [4.69, 9.17) is 0 Å². The predicted molar refractivity (Wildman–Crippen MR) is 96.2 cm³/mol. The lowest BCUT2D eigenvalue weighted by Crippen LogP contribution is -2.40. The van der Waals surface area contributed by atoms with Crippen LogP contribution >= 0.6 is 0 Å². The maximum atomic E-state index is 12.5. The number of benzene rings is 2. The number of hydrogen-bond donors (Lipinski definition) is 1. The van der Waals surface area contributed by atoms with Gasteiger partial charge in [-0.05, 0) is 37.1 Å². The molecular weight excluding hydrogens is 318 g/mol. The first-order chi connectivity index (χ1) is 12.1. The van der Waals surface area contributed by atoms with Crippen molar-refractivity contribution < 1.29 is 9.72 Å². The summed E-state index contributed by atoms with van der Waals surface area (Å²) in [5.41, 5.74) is 1.86. The maximum Gasteiger partial charge on any atom is 0.269 e. The molecule has 1 atom stereocenters. The van der Waals surface area contributed by atoms with Gasteiger partial charge in [-0.2, -0.15) is 0 Å². The zero-order valence-electron chi connectivity index (χ0n) is 13.9. The third-order valence-corrected chi connectivity index (χ3v) is 4.47. The molecule has 2 aromatic carbocycles. The van der Waals surface area contributed by atoms with Crippen LogP contribution in [0.3, 0.4) is 0 Å². The molecule has 130 valence electrons. The molecule has 25 heavy (non-hydrogen) atoms. The van der Waals surface area contributed by atoms with Crippen molar-refractivity contribution in [3.63, 3.8) is 0 Å². The fourth-order valence-electron chi connectivity index (χ4n) is 3.17. The quantitative estimate of drug-likeness (QED) is 0.669. The Labute approximate surface area is 146 Å². The van der Waals surface area contributed by atoms with E-state index in [1.165, 1.54) is 17.7 Å². The van der Waals surface area contributed by atoms with E-state index in [0.717, 1.165) is 32.5 Å². The Balaban J connectivity index is 1.57. The van der Waals surface area contributed by atoms with Crippen LogP contribution in [0.4, 0.5) is 11.4 Å². The minimum atomic E-state index is -0.450. The molecular formula is C19H21N3O3. The molecule has 1 aliphatic heterocycles. The van der Waals surface area contributed by atoms with Crippen LogP contribution in [0.25, 0.3) is 0 Å². The number of nitro benzene ring substituents is 1. The van der Waals surface area contributed by atoms with Crippen LogP contribution in [0.1, 0.15) is 18.4 Å². The van der Waals surface area contributed by atoms with Crippen molar-refractivity contribution in [2.75, 3.05) is 18.4 Å². The van der Waals surface area contributed by atoms with Gasteiger partial charge < -0.3 is 5.32 Å². The second-order valence-electron chi connectivity index (χ2n) is 6.35. The highest BCUT2D eigenvalue weighted by Crippen LogP contribution is 2.21. The van der Waals surface area contributed by atoms with E-state index in [-0.39, 0.29) is 17.5 Å². The lowest BCUT2D eigenvalue weighted by Gasteiger charge is -2.32. The van der Waals surface area contributed by atoms with Crippen molar-refractivity contribution in [2.45, 2.75) is 19.4 Å². The monoisotopic (exact) mass is 339 g/mol. The van der Waals surface area contributed by atoms with E-state index in [0.29, 0.717) is 5.69 Å². The number of likely N-dealkylation sites (tertiary alicyclic amines) is 1. The Hall–Kier alpha value is -2.73. The van der Waals surface area contributed by atoms with E-state index < -0.39 is 4.92 Å². The molecule has 1 unspecified atom stereocenters. The summed E-state index contributed by atoms with van der Waals surface area (Å²) in [5, 5.41) is 13.6. The molecule has 0 aliphatic carbocycles. The number of anilines is 1. The van der Waals surface area contributed by atoms with E-state index in [9.17, 15) is 14.9 Å². The van der Waals surface area contributed by atoms with E-state index in [1.54, 1.807) is 12.1 Å². The van der Waals surface area contributed by atoms with Crippen molar-refractivity contribution in [3.8, 4) is 0 Å². The number of hydrogen-bond acceptors (Lipinski definition) is 4. The van der Waals surface area contributed by atoms with Gasteiger partial charge in [-0.15, -0.1) is 0 Å². The van der Waals surface area contributed by atoms with Crippen LogP contribution in [0.15, 0.2) is 54.6 Å². The highest BCUT2D eigenvalue weighted by atomic mass is 16.6. The minimum absolute atomic E-state index is 0.0182. The smallest absolute Gasteiger partial charge is 0.269 e. The Morgan fingerprint density at radius 3 is 2.56 bits per heavy atom. The summed E-state index contributed by atoms with van der Waals surface area (Å²) in [6.45, 7) is 2.58. The summed E-state index contributed by atoms with van der Waals surface area (Å²) >= 11 is 0. The minimum Gasteiger partial charge on any atom is -0.326 e. The van der Waals surface area contributed by atoms with Crippen LogP contribution in [-0.2, 0) is 11.3 Å². The molecule has 0 radical (unpaired) electrons. The Bertz CT molecular complexity index is 731. The number of piperidine rings is 1. The lowest BCUT2D eigenvalue weighted by molar-refractivity contribution is -0.384. The lowest BCUT2D eigenvalue weighted by atomic mass is 9.96. The SMILES string of the molecule is O=C(Nc1ccc([N+](=O)[O-])cc1)C1CCCN(Cc2ccccc2)C1. The number of carbonyl (C=O) groups is 1. The largest absolute Gasteiger partial charge is 0.326 e. The number of nitrogens with zero attached hydrogens (tertiary/aromatic N) is 2. The maximum absolute atomic E-state index is 12.5. The molecule has 1 saturated heterocycles. The first-order valence-corrected chi connectivity index (χ1v) is 8.43. The molecule has 1 heterocycles. The zero-order valence-corrected chi connectivity index (χ0v) is 13.9. The molecule has 0 aromatic heterocycles. The Morgan fingerprint density at radius 2 is 1.88 bits per heavy atom. The third-order valence-electron chi connectivity index (χ3n) is 4.47. The Morgan fingerprint density at radius 1 is 1.16 bits per heavy atom. The second-order valence-corrected chi connectivity index (χ2v) is 6.35. The molecule has 0 spiro atoms. The standard InChI is InChI=1S/C19H21N3O3/c23-19(20-17-8-10-18(11-9-17)22(24)25)16-7-4-12-21(14-16)13-15-5-2-1-3-6-15/h1-3,5-6,8-11,16H,4,7,12-14H2,(H,20,23). The normalized spacial score (nSPS) is 17.8. The summed E-state index contributed by atoms with van der Waals surface area (Å²) in [4.78, 5) is 25.0. The predicted octanol–water partition coefficient (Wildman–Crippen LogP) is 3.45. The van der Waals surface area contributed by atoms with Crippen LogP contribution in [0, 0.1) is 16.0 Å². The number of nitrogens with one attached hydrogen (secondary N) is 1. The van der Waals surface area contributed by atoms with Gasteiger partial charge in [0.15, 0.2) is 0 Å². The molecule has 1 aliphatic rings. The molecule has 6 heteroatoms. The average Bonchev–Trinajstić information content (AvgIpc) is 2.63. The van der Waals surface area contributed by atoms with Crippen molar-refractivity contribution in [3.05, 3.63) is 70.3 Å². The van der Waals surface area contributed by atoms with Gasteiger partial charge in [-0.3, -0.25) is 19.8 Å². The summed E-state index contributed by atoms with van der Waals surface area (Å²) in [5.74, 6) is -0.0840. The van der Waals surface area contributed by atoms with Gasteiger partial charge in [-0.1, -0.05) is 30.3 Å². The zero-order chi connectivity index (χ0) is 17.6. The Kier molecular flexibility index (Phi) is 5.40. The number of nitro groups is 1. The molecule has 1 amide bonds. The van der Waals surface area contributed by atoms with E-state index in [1.807, 2.05) is 18.2 Å². The van der Waals surface area contributed by atoms with Gasteiger partial charge in [0.05, 0.1) is 10.8 Å². The van der Waals surface area contributed by atoms with Gasteiger partial charge >= 0.3 is 0 Å². The molecule has 1 fully saturated rings. The van der Waals surface area contributed by atoms with Crippen molar-refractivity contribution >= 4 is 17.3 Å². The topological polar surface area (TPSA) is 75.5 Å². The van der Waals surface area contributed by atoms with Gasteiger partial charge in [-0.25, -0.2) is 0 Å². The molecule has 3 rings (SSSR count). The summed E-state index contributed by atoms with van der Waals surface area (Å²) in [6, 6.07) is 16.2. The summed E-state index contributed by atoms with van der Waals surface area (Å²) in [7, 11) is 0. The highest BCUT2D eigenvalue weighted by Gasteiger charge is 2.25. The van der Waals surface area contributed by atoms with Crippen LogP contribution in [0.2, 0.25) is 0 Å². The highest BCUT2D eigenvalue weighted by molar-refractivity contribution is 5.92. The van der Waals surface area contributed by atoms with Crippen LogP contribution in [0.5, 0.6) is 0 Å². The fraction of sp³-hybridized carbons (Fsp3) is 0.316. The summed E-state index contributed by atoms with van der Waals surface area (Å²) < 4.78 is 0. The summed E-state index contributed by atoms with van der Waals surface area (Å²) in [6.07, 6.45) is 1.86. The molecule has 2 aromatic rings. The molecule has 1 N–H and O–H groups in total. The molecule has 6 nitrogen and oxygen atoms in total. The van der Waals surface area contributed by atoms with Gasteiger partial charge in [0, 0.05) is 30.9 Å². The van der Waals surface area contributed by atoms with Crippen molar-refractivity contribution in [2.24, 2.45) is 5.92 Å². The molecule has 0 bridgehead atoms. The van der Waals surface area contributed by atoms with Gasteiger partial charge in [0.2, 0.25) is 5.91 Å². The number of rotatable bonds is 5. The number of carbonyl (C=O) groups excluding carboxylic acids is 1. The first-order valence-electron chi connectivity index (χ1n) is 8.43. The van der Waals surface area contributed by atoms with Crippen LogP contribution < -0.4 is 5.32 Å².